The highest BCUT2D eigenvalue weighted by Crippen LogP contribution is 2.18. The molecule has 1 aliphatic heterocycles. The van der Waals surface area contributed by atoms with Crippen molar-refractivity contribution in [1.82, 2.24) is 9.88 Å². The van der Waals surface area contributed by atoms with Gasteiger partial charge in [-0.25, -0.2) is 9.78 Å². The molecule has 0 aromatic carbocycles. The molecule has 7 nitrogen and oxygen atoms in total. The Labute approximate surface area is 108 Å². The number of carboxylic acids is 1. The molecule has 0 saturated carbocycles. The third kappa shape index (κ3) is 3.19. The minimum atomic E-state index is -0.987. The molecule has 1 fully saturated rings. The van der Waals surface area contributed by atoms with Crippen LogP contribution in [0.1, 0.15) is 28.3 Å². The lowest BCUT2D eigenvalue weighted by molar-refractivity contribution is 0.0691. The maximum absolute atomic E-state index is 10.7. The summed E-state index contributed by atoms with van der Waals surface area (Å²) in [6.45, 7) is 2.37. The lowest BCUT2D eigenvalue weighted by Gasteiger charge is -2.28. The van der Waals surface area contributed by atoms with Crippen LogP contribution in [0.2, 0.25) is 0 Å². The zero-order chi connectivity index (χ0) is 13.0. The van der Waals surface area contributed by atoms with Crippen LogP contribution in [0.5, 0.6) is 0 Å². The van der Waals surface area contributed by atoms with E-state index in [2.05, 4.69) is 19.9 Å². The van der Waals surface area contributed by atoms with Gasteiger partial charge in [0.25, 0.3) is 0 Å². The first-order valence-electron chi connectivity index (χ1n) is 5.63. The summed E-state index contributed by atoms with van der Waals surface area (Å²) >= 11 is 1.37. The van der Waals surface area contributed by atoms with Gasteiger partial charge in [0, 0.05) is 16.3 Å². The quantitative estimate of drug-likeness (QED) is 0.512. The maximum Gasteiger partial charge on any atom is 0.355 e. The van der Waals surface area contributed by atoms with E-state index in [4.69, 9.17) is 10.6 Å². The number of hydrogen-bond acceptors (Lipinski definition) is 5. The van der Waals surface area contributed by atoms with Crippen LogP contribution in [-0.2, 0) is 6.54 Å². The number of hydrogen-bond donors (Lipinski definition) is 1. The SMILES string of the molecule is [N-]=[N+]=NC1CCN(Cc2nc(C(=O)O)cs2)CC1. The third-order valence-electron chi connectivity index (χ3n) is 2.90. The van der Waals surface area contributed by atoms with Crippen molar-refractivity contribution in [2.75, 3.05) is 13.1 Å². The van der Waals surface area contributed by atoms with E-state index < -0.39 is 5.97 Å². The van der Waals surface area contributed by atoms with Crippen LogP contribution >= 0.6 is 11.3 Å². The Morgan fingerprint density at radius 3 is 2.94 bits per heavy atom. The van der Waals surface area contributed by atoms with E-state index in [0.29, 0.717) is 6.54 Å². The van der Waals surface area contributed by atoms with Gasteiger partial charge in [0.05, 0.1) is 6.54 Å². The van der Waals surface area contributed by atoms with Crippen molar-refractivity contribution in [3.05, 3.63) is 26.5 Å². The first kappa shape index (κ1) is 12.8. The molecule has 18 heavy (non-hydrogen) atoms. The average molecular weight is 267 g/mol. The predicted octanol–water partition coefficient (Wildman–Crippen LogP) is 2.12. The molecule has 0 atom stereocenters. The summed E-state index contributed by atoms with van der Waals surface area (Å²) in [5.41, 5.74) is 8.47. The van der Waals surface area contributed by atoms with E-state index in [1.54, 1.807) is 5.38 Å². The zero-order valence-corrected chi connectivity index (χ0v) is 10.5. The molecular formula is C10H13N5O2S. The second-order valence-electron chi connectivity index (χ2n) is 4.14. The Morgan fingerprint density at radius 2 is 2.39 bits per heavy atom. The number of carbonyl (C=O) groups is 1. The molecule has 2 rings (SSSR count). The number of carboxylic acid groups (broad SMARTS) is 1. The molecule has 2 heterocycles. The summed E-state index contributed by atoms with van der Waals surface area (Å²) in [6, 6.07) is 0.0946. The van der Waals surface area contributed by atoms with Crippen molar-refractivity contribution in [2.45, 2.75) is 25.4 Å². The number of likely N-dealkylation sites (tertiary alicyclic amines) is 1. The summed E-state index contributed by atoms with van der Waals surface area (Å²) < 4.78 is 0. The van der Waals surface area contributed by atoms with Gasteiger partial charge in [0.15, 0.2) is 5.69 Å². The fourth-order valence-corrected chi connectivity index (χ4v) is 2.75. The molecule has 0 bridgehead atoms. The molecule has 1 aromatic heterocycles. The lowest BCUT2D eigenvalue weighted by Crippen LogP contribution is -2.34. The highest BCUT2D eigenvalue weighted by atomic mass is 32.1. The molecule has 0 aliphatic carbocycles. The van der Waals surface area contributed by atoms with Crippen molar-refractivity contribution >= 4 is 17.3 Å². The summed E-state index contributed by atoms with van der Waals surface area (Å²) in [6.07, 6.45) is 1.70. The van der Waals surface area contributed by atoms with Crippen molar-refractivity contribution in [3.63, 3.8) is 0 Å². The molecule has 0 unspecified atom stereocenters. The number of piperidine rings is 1. The van der Waals surface area contributed by atoms with Gasteiger partial charge in [-0.3, -0.25) is 4.90 Å². The minimum Gasteiger partial charge on any atom is -0.476 e. The smallest absolute Gasteiger partial charge is 0.355 e. The normalized spacial score (nSPS) is 17.3. The molecule has 8 heteroatoms. The molecule has 1 saturated heterocycles. The second kappa shape index (κ2) is 5.81. The van der Waals surface area contributed by atoms with Gasteiger partial charge in [0.2, 0.25) is 0 Å². The Hall–Kier alpha value is -1.63. The van der Waals surface area contributed by atoms with E-state index >= 15 is 0 Å². The summed E-state index contributed by atoms with van der Waals surface area (Å²) in [5, 5.41) is 14.9. The predicted molar refractivity (Wildman–Crippen MR) is 66.5 cm³/mol. The number of aromatic carboxylic acids is 1. The van der Waals surface area contributed by atoms with Crippen LogP contribution in [0.3, 0.4) is 0 Å². The van der Waals surface area contributed by atoms with Gasteiger partial charge >= 0.3 is 5.97 Å². The summed E-state index contributed by atoms with van der Waals surface area (Å²) in [7, 11) is 0. The standard InChI is InChI=1S/C10H13N5O2S/c11-14-13-7-1-3-15(4-2-7)5-9-12-8(6-18-9)10(16)17/h6-7H,1-5H2,(H,16,17). The van der Waals surface area contributed by atoms with E-state index in [0.717, 1.165) is 30.9 Å². The van der Waals surface area contributed by atoms with Gasteiger partial charge in [0.1, 0.15) is 5.01 Å². The van der Waals surface area contributed by atoms with Crippen LogP contribution in [0.15, 0.2) is 10.5 Å². The van der Waals surface area contributed by atoms with Crippen molar-refractivity contribution in [2.24, 2.45) is 5.11 Å². The molecule has 1 aliphatic rings. The Kier molecular flexibility index (Phi) is 4.14. The van der Waals surface area contributed by atoms with E-state index in [-0.39, 0.29) is 11.7 Å². The topological polar surface area (TPSA) is 102 Å². The number of aromatic nitrogens is 1. The molecule has 0 radical (unpaired) electrons. The van der Waals surface area contributed by atoms with Crippen molar-refractivity contribution < 1.29 is 9.90 Å². The van der Waals surface area contributed by atoms with E-state index in [1.807, 2.05) is 0 Å². The first-order chi connectivity index (χ1) is 8.69. The van der Waals surface area contributed by atoms with Gasteiger partial charge in [-0.1, -0.05) is 5.11 Å². The summed E-state index contributed by atoms with van der Waals surface area (Å²) in [4.78, 5) is 19.8. The van der Waals surface area contributed by atoms with Gasteiger partial charge in [-0.15, -0.1) is 11.3 Å². The highest BCUT2D eigenvalue weighted by molar-refractivity contribution is 7.09. The monoisotopic (exact) mass is 267 g/mol. The fourth-order valence-electron chi connectivity index (χ4n) is 1.94. The van der Waals surface area contributed by atoms with E-state index in [9.17, 15) is 4.79 Å². The third-order valence-corrected chi connectivity index (χ3v) is 3.74. The van der Waals surface area contributed by atoms with Crippen molar-refractivity contribution in [1.29, 1.82) is 0 Å². The second-order valence-corrected chi connectivity index (χ2v) is 5.09. The lowest BCUT2D eigenvalue weighted by atomic mass is 10.1. The van der Waals surface area contributed by atoms with E-state index in [1.165, 1.54) is 11.3 Å². The number of thiazole rings is 1. The van der Waals surface area contributed by atoms with Crippen LogP contribution in [-0.4, -0.2) is 40.1 Å². The summed E-state index contributed by atoms with van der Waals surface area (Å²) in [5.74, 6) is -0.987. The largest absolute Gasteiger partial charge is 0.476 e. The number of rotatable bonds is 4. The maximum atomic E-state index is 10.7. The average Bonchev–Trinajstić information content (AvgIpc) is 2.81. The van der Waals surface area contributed by atoms with Gasteiger partial charge < -0.3 is 5.11 Å². The Morgan fingerprint density at radius 1 is 1.67 bits per heavy atom. The van der Waals surface area contributed by atoms with Crippen LogP contribution in [0, 0.1) is 0 Å². The molecule has 1 aromatic rings. The molecular weight excluding hydrogens is 254 g/mol. The van der Waals surface area contributed by atoms with Crippen LogP contribution in [0.4, 0.5) is 0 Å². The number of azide groups is 1. The van der Waals surface area contributed by atoms with Gasteiger partial charge in [-0.05, 0) is 31.5 Å². The fraction of sp³-hybridized carbons (Fsp3) is 0.600. The van der Waals surface area contributed by atoms with Crippen molar-refractivity contribution in [3.8, 4) is 0 Å². The molecule has 0 spiro atoms. The minimum absolute atomic E-state index is 0.0946. The number of nitrogens with zero attached hydrogens (tertiary/aromatic N) is 5. The zero-order valence-electron chi connectivity index (χ0n) is 9.69. The van der Waals surface area contributed by atoms with Gasteiger partial charge in [-0.2, -0.15) is 0 Å². The first-order valence-corrected chi connectivity index (χ1v) is 6.51. The molecule has 0 amide bonds. The van der Waals surface area contributed by atoms with Crippen LogP contribution < -0.4 is 0 Å². The van der Waals surface area contributed by atoms with Crippen LogP contribution in [0.25, 0.3) is 10.4 Å². The Bertz CT molecular complexity index is 474. The Balaban J connectivity index is 1.87. The molecule has 96 valence electrons. The molecule has 1 N–H and O–H groups in total. The highest BCUT2D eigenvalue weighted by Gasteiger charge is 2.19.